The van der Waals surface area contributed by atoms with Gasteiger partial charge in [-0.1, -0.05) is 29.3 Å². The van der Waals surface area contributed by atoms with Gasteiger partial charge in [-0.2, -0.15) is 0 Å². The van der Waals surface area contributed by atoms with Gasteiger partial charge >= 0.3 is 0 Å². The van der Waals surface area contributed by atoms with Gasteiger partial charge in [0.25, 0.3) is 0 Å². The molecule has 0 N–H and O–H groups in total. The number of hydrogen-bond acceptors (Lipinski definition) is 3. The molecule has 0 atom stereocenters. The first-order valence-corrected chi connectivity index (χ1v) is 6.13. The van der Waals surface area contributed by atoms with Crippen LogP contribution in [0.4, 0.5) is 0 Å². The lowest BCUT2D eigenvalue weighted by atomic mass is 10.7. The summed E-state index contributed by atoms with van der Waals surface area (Å²) in [6.45, 7) is 1.24. The van der Waals surface area contributed by atoms with E-state index in [0.29, 0.717) is 0 Å². The topological polar surface area (TPSA) is 34.1 Å². The first kappa shape index (κ1) is 10.3. The highest BCUT2D eigenvalue weighted by molar-refractivity contribution is 7.97. The molecule has 0 fully saturated rings. The fourth-order valence-corrected chi connectivity index (χ4v) is 3.60. The standard InChI is InChI=1S/C6H6Cl2O2S2/c1-6(7,8)12(9,10)5-3-2-4-11-5/h2-4H,1H3. The quantitative estimate of drug-likeness (QED) is 0.750. The zero-order valence-corrected chi connectivity index (χ0v) is 9.27. The molecule has 0 unspecified atom stereocenters. The van der Waals surface area contributed by atoms with Gasteiger partial charge in [0.1, 0.15) is 4.21 Å². The Labute approximate surface area is 85.0 Å². The van der Waals surface area contributed by atoms with Gasteiger partial charge < -0.3 is 0 Å². The minimum Gasteiger partial charge on any atom is -0.220 e. The molecule has 68 valence electrons. The molecule has 0 saturated heterocycles. The smallest absolute Gasteiger partial charge is 0.220 e. The van der Waals surface area contributed by atoms with Crippen LogP contribution in [0.15, 0.2) is 21.7 Å². The van der Waals surface area contributed by atoms with Crippen molar-refractivity contribution in [1.82, 2.24) is 0 Å². The zero-order chi connectivity index (χ0) is 9.41. The largest absolute Gasteiger partial charge is 0.221 e. The molecule has 1 heterocycles. The molecule has 1 aromatic rings. The molecule has 0 aliphatic heterocycles. The molecule has 0 spiro atoms. The van der Waals surface area contributed by atoms with Crippen molar-refractivity contribution >= 4 is 44.4 Å². The van der Waals surface area contributed by atoms with Crippen molar-refractivity contribution in [3.05, 3.63) is 17.5 Å². The number of alkyl halides is 2. The van der Waals surface area contributed by atoms with Crippen LogP contribution in [-0.2, 0) is 9.84 Å². The van der Waals surface area contributed by atoms with Gasteiger partial charge in [-0.15, -0.1) is 11.3 Å². The molecule has 0 bridgehead atoms. The molecule has 0 aliphatic rings. The first-order chi connectivity index (χ1) is 5.36. The van der Waals surface area contributed by atoms with Gasteiger partial charge in [0.05, 0.1) is 0 Å². The predicted molar refractivity (Wildman–Crippen MR) is 51.6 cm³/mol. The molecule has 0 aliphatic carbocycles. The van der Waals surface area contributed by atoms with Crippen LogP contribution in [0.2, 0.25) is 0 Å². The molecule has 0 amide bonds. The third kappa shape index (κ3) is 1.76. The lowest BCUT2D eigenvalue weighted by molar-refractivity contribution is 0.593. The van der Waals surface area contributed by atoms with E-state index in [1.807, 2.05) is 0 Å². The van der Waals surface area contributed by atoms with E-state index in [4.69, 9.17) is 23.2 Å². The second-order valence-corrected chi connectivity index (χ2v) is 7.87. The van der Waals surface area contributed by atoms with Crippen LogP contribution in [-0.4, -0.2) is 12.1 Å². The normalized spacial score (nSPS) is 13.2. The monoisotopic (exact) mass is 244 g/mol. The molecule has 2 nitrogen and oxygen atoms in total. The third-order valence-electron chi connectivity index (χ3n) is 1.23. The van der Waals surface area contributed by atoms with Crippen LogP contribution in [0.1, 0.15) is 6.92 Å². The fourth-order valence-electron chi connectivity index (χ4n) is 0.593. The minimum atomic E-state index is -3.58. The molecule has 0 radical (unpaired) electrons. The lowest BCUT2D eigenvalue weighted by Gasteiger charge is -2.11. The molecule has 12 heavy (non-hydrogen) atoms. The van der Waals surface area contributed by atoms with Crippen molar-refractivity contribution in [2.45, 2.75) is 14.8 Å². The maximum absolute atomic E-state index is 11.5. The Morgan fingerprint density at radius 2 is 2.08 bits per heavy atom. The van der Waals surface area contributed by atoms with E-state index in [9.17, 15) is 8.42 Å². The van der Waals surface area contributed by atoms with E-state index in [1.54, 1.807) is 11.4 Å². The summed E-state index contributed by atoms with van der Waals surface area (Å²) in [6, 6.07) is 3.11. The zero-order valence-electron chi connectivity index (χ0n) is 6.12. The number of thiophene rings is 1. The summed E-state index contributed by atoms with van der Waals surface area (Å²) in [7, 11) is -3.58. The number of hydrogen-bond donors (Lipinski definition) is 0. The number of sulfone groups is 1. The second-order valence-electron chi connectivity index (χ2n) is 2.24. The fraction of sp³-hybridized carbons (Fsp3) is 0.333. The Bertz CT molecular complexity index is 347. The summed E-state index contributed by atoms with van der Waals surface area (Å²) in [6.07, 6.45) is 0. The van der Waals surface area contributed by atoms with E-state index in [-0.39, 0.29) is 4.21 Å². The minimum absolute atomic E-state index is 0.190. The summed E-state index contributed by atoms with van der Waals surface area (Å²) >= 11 is 12.1. The Balaban J connectivity index is 3.22. The van der Waals surface area contributed by atoms with Gasteiger partial charge in [0.2, 0.25) is 13.5 Å². The van der Waals surface area contributed by atoms with Crippen molar-refractivity contribution < 1.29 is 8.42 Å². The van der Waals surface area contributed by atoms with Crippen molar-refractivity contribution in [2.75, 3.05) is 0 Å². The SMILES string of the molecule is CC(Cl)(Cl)S(=O)(=O)c1cccs1. The van der Waals surface area contributed by atoms with E-state index >= 15 is 0 Å². The third-order valence-corrected chi connectivity index (χ3v) is 5.67. The van der Waals surface area contributed by atoms with Crippen molar-refractivity contribution in [3.8, 4) is 0 Å². The van der Waals surface area contributed by atoms with Crippen molar-refractivity contribution in [1.29, 1.82) is 0 Å². The predicted octanol–water partition coefficient (Wildman–Crippen LogP) is 2.67. The Morgan fingerprint density at radius 3 is 2.42 bits per heavy atom. The molecular formula is C6H6Cl2O2S2. The number of halogens is 2. The Kier molecular flexibility index (Phi) is 2.73. The van der Waals surface area contributed by atoms with Crippen LogP contribution in [0, 0.1) is 0 Å². The van der Waals surface area contributed by atoms with E-state index in [0.717, 1.165) is 11.3 Å². The molecule has 0 saturated carbocycles. The van der Waals surface area contributed by atoms with E-state index < -0.39 is 13.5 Å². The van der Waals surface area contributed by atoms with Gasteiger partial charge in [-0.05, 0) is 18.4 Å². The highest BCUT2D eigenvalue weighted by Gasteiger charge is 2.36. The molecule has 0 aromatic carbocycles. The van der Waals surface area contributed by atoms with Gasteiger partial charge in [0.15, 0.2) is 0 Å². The van der Waals surface area contributed by atoms with Crippen molar-refractivity contribution in [3.63, 3.8) is 0 Å². The summed E-state index contributed by atoms with van der Waals surface area (Å²) in [4.78, 5) is 0. The summed E-state index contributed by atoms with van der Waals surface area (Å²) in [5.41, 5.74) is 0. The summed E-state index contributed by atoms with van der Waals surface area (Å²) in [5.74, 6) is 0. The second kappa shape index (κ2) is 3.18. The van der Waals surface area contributed by atoms with Crippen LogP contribution in [0.3, 0.4) is 0 Å². The Hall–Kier alpha value is 0.230. The van der Waals surface area contributed by atoms with Crippen LogP contribution >= 0.6 is 34.5 Å². The van der Waals surface area contributed by atoms with E-state index in [1.165, 1.54) is 13.0 Å². The first-order valence-electron chi connectivity index (χ1n) is 3.01. The maximum atomic E-state index is 11.5. The molecule has 1 aromatic heterocycles. The summed E-state index contributed by atoms with van der Waals surface area (Å²) < 4.78 is 21.4. The lowest BCUT2D eigenvalue weighted by Crippen LogP contribution is -2.21. The Morgan fingerprint density at radius 1 is 1.50 bits per heavy atom. The average Bonchev–Trinajstić information content (AvgIpc) is 2.34. The van der Waals surface area contributed by atoms with Gasteiger partial charge in [-0.3, -0.25) is 0 Å². The highest BCUT2D eigenvalue weighted by Crippen LogP contribution is 2.34. The molecule has 6 heteroatoms. The van der Waals surface area contributed by atoms with E-state index in [2.05, 4.69) is 0 Å². The van der Waals surface area contributed by atoms with Crippen LogP contribution < -0.4 is 0 Å². The van der Waals surface area contributed by atoms with Crippen LogP contribution in [0.25, 0.3) is 0 Å². The molecule has 1 rings (SSSR count). The average molecular weight is 245 g/mol. The number of rotatable bonds is 2. The van der Waals surface area contributed by atoms with Gasteiger partial charge in [-0.25, -0.2) is 8.42 Å². The summed E-state index contributed by atoms with van der Waals surface area (Å²) in [5, 5.41) is 1.66. The molecular weight excluding hydrogens is 239 g/mol. The highest BCUT2D eigenvalue weighted by atomic mass is 35.5. The van der Waals surface area contributed by atoms with Crippen LogP contribution in [0.5, 0.6) is 0 Å². The van der Waals surface area contributed by atoms with Gasteiger partial charge in [0, 0.05) is 0 Å². The van der Waals surface area contributed by atoms with Crippen molar-refractivity contribution in [2.24, 2.45) is 0 Å². The maximum Gasteiger partial charge on any atom is 0.221 e.